The average molecular weight is 298 g/mol. The van der Waals surface area contributed by atoms with Gasteiger partial charge in [0.15, 0.2) is 0 Å². The molecule has 0 fully saturated rings. The smallest absolute Gasteiger partial charge is 0.244 e. The second-order valence-corrected chi connectivity index (χ2v) is 6.34. The van der Waals surface area contributed by atoms with Crippen molar-refractivity contribution >= 4 is 10.0 Å². The van der Waals surface area contributed by atoms with E-state index in [2.05, 4.69) is 19.9 Å². The molecule has 1 N–H and O–H groups in total. The van der Waals surface area contributed by atoms with E-state index >= 15 is 0 Å². The molecule has 9 heteroatoms. The van der Waals surface area contributed by atoms with Crippen LogP contribution in [0.25, 0.3) is 0 Å². The molecule has 0 amide bonds. The highest BCUT2D eigenvalue weighted by Gasteiger charge is 2.18. The molecule has 110 valence electrons. The Morgan fingerprint density at radius 1 is 1.35 bits per heavy atom. The Kier molecular flexibility index (Phi) is 4.19. The number of aryl methyl sites for hydroxylation is 1. The molecule has 8 nitrogen and oxygen atoms in total. The van der Waals surface area contributed by atoms with Crippen LogP contribution in [0.1, 0.15) is 32.6 Å². The Morgan fingerprint density at radius 2 is 2.10 bits per heavy atom. The normalized spacial score (nSPS) is 12.2. The third-order valence-corrected chi connectivity index (χ3v) is 4.16. The zero-order valence-electron chi connectivity index (χ0n) is 11.7. The van der Waals surface area contributed by atoms with Gasteiger partial charge in [-0.25, -0.2) is 22.8 Å². The van der Waals surface area contributed by atoms with Gasteiger partial charge in [0.25, 0.3) is 0 Å². The van der Waals surface area contributed by atoms with Gasteiger partial charge < -0.3 is 0 Å². The summed E-state index contributed by atoms with van der Waals surface area (Å²) in [7, 11) is -3.58. The quantitative estimate of drug-likeness (QED) is 0.840. The summed E-state index contributed by atoms with van der Waals surface area (Å²) in [4.78, 5) is 4.21. The highest BCUT2D eigenvalue weighted by Crippen LogP contribution is 2.09. The number of hydrogen-bond donors (Lipinski definition) is 1. The number of nitrogens with one attached hydrogen (secondary N) is 1. The lowest BCUT2D eigenvalue weighted by Gasteiger charge is -2.09. The molecule has 0 saturated carbocycles. The van der Waals surface area contributed by atoms with Gasteiger partial charge in [0.1, 0.15) is 17.0 Å². The summed E-state index contributed by atoms with van der Waals surface area (Å²) >= 11 is 0. The standard InChI is InChI=1S/C11H18N6O2S/c1-4-16-7-10(5-13-16)20(18,19)15-6-11-12-8-14-17(11)9(2)3/h5,7-9,15H,4,6H2,1-3H3. The molecule has 0 unspecified atom stereocenters. The van der Waals surface area contributed by atoms with Crippen molar-refractivity contribution in [2.24, 2.45) is 0 Å². The highest BCUT2D eigenvalue weighted by atomic mass is 32.2. The molecule has 0 aliphatic carbocycles. The zero-order valence-corrected chi connectivity index (χ0v) is 12.5. The molecule has 2 rings (SSSR count). The van der Waals surface area contributed by atoms with Crippen LogP contribution in [-0.2, 0) is 23.1 Å². The molecule has 0 bridgehead atoms. The summed E-state index contributed by atoms with van der Waals surface area (Å²) < 4.78 is 30.0. The molecule has 0 aliphatic rings. The predicted molar refractivity (Wildman–Crippen MR) is 72.3 cm³/mol. The molecule has 0 saturated heterocycles. The van der Waals surface area contributed by atoms with Crippen LogP contribution in [-0.4, -0.2) is 33.0 Å². The van der Waals surface area contributed by atoms with Crippen LogP contribution >= 0.6 is 0 Å². The first-order valence-corrected chi connectivity index (χ1v) is 7.83. The lowest BCUT2D eigenvalue weighted by Crippen LogP contribution is -2.25. The molecule has 2 heterocycles. The largest absolute Gasteiger partial charge is 0.272 e. The molecule has 0 spiro atoms. The third kappa shape index (κ3) is 3.05. The predicted octanol–water partition coefficient (Wildman–Crippen LogP) is 0.554. The van der Waals surface area contributed by atoms with Crippen molar-refractivity contribution in [3.8, 4) is 0 Å². The lowest BCUT2D eigenvalue weighted by molar-refractivity contribution is 0.499. The molecule has 0 radical (unpaired) electrons. The fourth-order valence-corrected chi connectivity index (χ4v) is 2.66. The minimum absolute atomic E-state index is 0.0951. The third-order valence-electron chi connectivity index (χ3n) is 2.80. The zero-order chi connectivity index (χ0) is 14.8. The summed E-state index contributed by atoms with van der Waals surface area (Å²) in [5.74, 6) is 0.575. The van der Waals surface area contributed by atoms with Crippen LogP contribution in [0.2, 0.25) is 0 Å². The van der Waals surface area contributed by atoms with E-state index in [0.29, 0.717) is 12.4 Å². The van der Waals surface area contributed by atoms with Crippen molar-refractivity contribution < 1.29 is 8.42 Å². The maximum absolute atomic E-state index is 12.1. The van der Waals surface area contributed by atoms with E-state index in [0.717, 1.165) is 0 Å². The van der Waals surface area contributed by atoms with Crippen LogP contribution < -0.4 is 4.72 Å². The minimum atomic E-state index is -3.58. The summed E-state index contributed by atoms with van der Waals surface area (Å²) in [6.07, 6.45) is 4.24. The fourth-order valence-electron chi connectivity index (χ4n) is 1.73. The minimum Gasteiger partial charge on any atom is -0.272 e. The van der Waals surface area contributed by atoms with E-state index in [1.807, 2.05) is 20.8 Å². The van der Waals surface area contributed by atoms with Gasteiger partial charge >= 0.3 is 0 Å². The number of nitrogens with zero attached hydrogens (tertiary/aromatic N) is 5. The topological polar surface area (TPSA) is 94.7 Å². The first-order chi connectivity index (χ1) is 9.44. The van der Waals surface area contributed by atoms with Crippen molar-refractivity contribution in [1.82, 2.24) is 29.3 Å². The SMILES string of the molecule is CCn1cc(S(=O)(=O)NCc2ncnn2C(C)C)cn1. The summed E-state index contributed by atoms with van der Waals surface area (Å²) in [6.45, 7) is 6.52. The number of sulfonamides is 1. The van der Waals surface area contributed by atoms with Crippen molar-refractivity contribution in [3.05, 3.63) is 24.5 Å². The second kappa shape index (κ2) is 5.71. The van der Waals surface area contributed by atoms with Gasteiger partial charge in [-0.3, -0.25) is 4.68 Å². The van der Waals surface area contributed by atoms with E-state index in [1.54, 1.807) is 9.36 Å². The van der Waals surface area contributed by atoms with Gasteiger partial charge in [0.2, 0.25) is 10.0 Å². The Labute approximate surface area is 117 Å². The van der Waals surface area contributed by atoms with Gasteiger partial charge in [0, 0.05) is 18.8 Å². The van der Waals surface area contributed by atoms with Crippen molar-refractivity contribution in [3.63, 3.8) is 0 Å². The molecule has 0 aromatic carbocycles. The molecular weight excluding hydrogens is 280 g/mol. The summed E-state index contributed by atoms with van der Waals surface area (Å²) in [5.41, 5.74) is 0. The molecular formula is C11H18N6O2S. The van der Waals surface area contributed by atoms with Crippen LogP contribution in [0.3, 0.4) is 0 Å². The van der Waals surface area contributed by atoms with E-state index < -0.39 is 10.0 Å². The fraction of sp³-hybridized carbons (Fsp3) is 0.545. The summed E-state index contributed by atoms with van der Waals surface area (Å²) in [6, 6.07) is 0.125. The maximum Gasteiger partial charge on any atom is 0.244 e. The van der Waals surface area contributed by atoms with Gasteiger partial charge in [-0.1, -0.05) is 0 Å². The van der Waals surface area contributed by atoms with E-state index in [1.165, 1.54) is 18.7 Å². The molecule has 0 aliphatic heterocycles. The number of aromatic nitrogens is 5. The van der Waals surface area contributed by atoms with E-state index in [-0.39, 0.29) is 17.5 Å². The van der Waals surface area contributed by atoms with Crippen LogP contribution in [0.4, 0.5) is 0 Å². The van der Waals surface area contributed by atoms with Crippen molar-refractivity contribution in [2.75, 3.05) is 0 Å². The average Bonchev–Trinajstić information content (AvgIpc) is 3.05. The first kappa shape index (κ1) is 14.7. The highest BCUT2D eigenvalue weighted by molar-refractivity contribution is 7.89. The van der Waals surface area contributed by atoms with E-state index in [9.17, 15) is 8.42 Å². The number of rotatable bonds is 6. The Morgan fingerprint density at radius 3 is 2.70 bits per heavy atom. The Balaban J connectivity index is 2.11. The Bertz CT molecular complexity index is 673. The first-order valence-electron chi connectivity index (χ1n) is 6.34. The van der Waals surface area contributed by atoms with E-state index in [4.69, 9.17) is 0 Å². The number of hydrogen-bond acceptors (Lipinski definition) is 5. The molecule has 2 aromatic rings. The van der Waals surface area contributed by atoms with Gasteiger partial charge in [-0.05, 0) is 20.8 Å². The Hall–Kier alpha value is -1.74. The maximum atomic E-state index is 12.1. The molecule has 2 aromatic heterocycles. The van der Waals surface area contributed by atoms with Crippen LogP contribution in [0, 0.1) is 0 Å². The van der Waals surface area contributed by atoms with Crippen LogP contribution in [0.15, 0.2) is 23.6 Å². The summed E-state index contributed by atoms with van der Waals surface area (Å²) in [5, 5.41) is 8.02. The van der Waals surface area contributed by atoms with Crippen LogP contribution in [0.5, 0.6) is 0 Å². The van der Waals surface area contributed by atoms with Gasteiger partial charge in [0.05, 0.1) is 12.7 Å². The van der Waals surface area contributed by atoms with Gasteiger partial charge in [-0.2, -0.15) is 10.2 Å². The van der Waals surface area contributed by atoms with Crippen molar-refractivity contribution in [1.29, 1.82) is 0 Å². The monoisotopic (exact) mass is 298 g/mol. The lowest BCUT2D eigenvalue weighted by atomic mass is 10.4. The van der Waals surface area contributed by atoms with Gasteiger partial charge in [-0.15, -0.1) is 0 Å². The van der Waals surface area contributed by atoms with Crippen molar-refractivity contribution in [2.45, 2.75) is 44.8 Å². The molecule has 0 atom stereocenters. The molecule has 20 heavy (non-hydrogen) atoms. The second-order valence-electron chi connectivity index (χ2n) is 4.57.